The van der Waals surface area contributed by atoms with Gasteiger partial charge >= 0.3 is 12.1 Å². The maximum absolute atomic E-state index is 13.1. The Morgan fingerprint density at radius 1 is 0.879 bits per heavy atom. The van der Waals surface area contributed by atoms with E-state index in [4.69, 9.17) is 4.74 Å². The fourth-order valence-corrected chi connectivity index (χ4v) is 4.25. The summed E-state index contributed by atoms with van der Waals surface area (Å²) in [6.45, 7) is 1.07. The molecule has 1 N–H and O–H groups in total. The second-order valence-electron chi connectivity index (χ2n) is 8.16. The third kappa shape index (κ3) is 5.54. The van der Waals surface area contributed by atoms with Crippen LogP contribution < -0.4 is 4.74 Å². The van der Waals surface area contributed by atoms with Crippen LogP contribution in [0, 0.1) is 5.92 Å². The standard InChI is InChI=1S/C26H24F3NO3/c27-26(28,29)21-11-9-18(10-12-21)24(30-15-13-19(14-16-30)25(31)32)20-5-4-8-23(17-20)33-22-6-2-1-3-7-22/h1-12,17,19,24H,13-16H2,(H,31,32). The van der Waals surface area contributed by atoms with Gasteiger partial charge < -0.3 is 9.84 Å². The summed E-state index contributed by atoms with van der Waals surface area (Å²) >= 11 is 0. The Morgan fingerprint density at radius 2 is 1.52 bits per heavy atom. The van der Waals surface area contributed by atoms with Gasteiger partial charge in [-0.2, -0.15) is 13.2 Å². The largest absolute Gasteiger partial charge is 0.481 e. The molecular formula is C26H24F3NO3. The van der Waals surface area contributed by atoms with Gasteiger partial charge in [0.1, 0.15) is 11.5 Å². The third-order valence-corrected chi connectivity index (χ3v) is 5.95. The Morgan fingerprint density at radius 3 is 2.12 bits per heavy atom. The van der Waals surface area contributed by atoms with Crippen LogP contribution in [0.25, 0.3) is 0 Å². The number of ether oxygens (including phenoxy) is 1. The van der Waals surface area contributed by atoms with E-state index in [-0.39, 0.29) is 6.04 Å². The average Bonchev–Trinajstić information content (AvgIpc) is 2.80. The zero-order chi connectivity index (χ0) is 23.4. The summed E-state index contributed by atoms with van der Waals surface area (Å²) < 4.78 is 45.2. The van der Waals surface area contributed by atoms with Crippen LogP contribution in [-0.2, 0) is 11.0 Å². The number of para-hydroxylation sites is 1. The van der Waals surface area contributed by atoms with Crippen molar-refractivity contribution in [1.82, 2.24) is 4.90 Å². The maximum atomic E-state index is 13.1. The van der Waals surface area contributed by atoms with E-state index in [0.29, 0.717) is 43.0 Å². The van der Waals surface area contributed by atoms with Gasteiger partial charge in [-0.05, 0) is 73.5 Å². The van der Waals surface area contributed by atoms with E-state index in [2.05, 4.69) is 4.90 Å². The van der Waals surface area contributed by atoms with Crippen LogP contribution >= 0.6 is 0 Å². The molecule has 1 unspecified atom stereocenters. The monoisotopic (exact) mass is 455 g/mol. The number of hydrogen-bond donors (Lipinski definition) is 1. The lowest BCUT2D eigenvalue weighted by Crippen LogP contribution is -2.39. The molecule has 172 valence electrons. The Kier molecular flexibility index (Phi) is 6.70. The molecule has 0 radical (unpaired) electrons. The molecule has 3 aromatic rings. The molecule has 4 rings (SSSR count). The first-order chi connectivity index (χ1) is 15.8. The lowest BCUT2D eigenvalue weighted by atomic mass is 9.91. The molecule has 0 amide bonds. The highest BCUT2D eigenvalue weighted by Gasteiger charge is 2.33. The third-order valence-electron chi connectivity index (χ3n) is 5.95. The predicted octanol–water partition coefficient (Wildman–Crippen LogP) is 6.38. The number of hydrogen-bond acceptors (Lipinski definition) is 3. The summed E-state index contributed by atoms with van der Waals surface area (Å²) in [6.07, 6.45) is -3.42. The summed E-state index contributed by atoms with van der Waals surface area (Å²) in [4.78, 5) is 13.5. The number of halogens is 3. The van der Waals surface area contributed by atoms with Crippen LogP contribution in [0.2, 0.25) is 0 Å². The molecule has 7 heteroatoms. The minimum absolute atomic E-state index is 0.318. The van der Waals surface area contributed by atoms with Crippen LogP contribution in [0.5, 0.6) is 11.5 Å². The fraction of sp³-hybridized carbons (Fsp3) is 0.269. The van der Waals surface area contributed by atoms with Crippen molar-refractivity contribution in [3.63, 3.8) is 0 Å². The van der Waals surface area contributed by atoms with Gasteiger partial charge in [-0.1, -0.05) is 42.5 Å². The summed E-state index contributed by atoms with van der Waals surface area (Å²) in [5.41, 5.74) is 0.890. The summed E-state index contributed by atoms with van der Waals surface area (Å²) in [5, 5.41) is 9.34. The smallest absolute Gasteiger partial charge is 0.416 e. The van der Waals surface area contributed by atoms with Crippen molar-refractivity contribution in [1.29, 1.82) is 0 Å². The number of likely N-dealkylation sites (tertiary alicyclic amines) is 1. The number of rotatable bonds is 6. The zero-order valence-electron chi connectivity index (χ0n) is 17.8. The number of alkyl halides is 3. The SMILES string of the molecule is O=C(O)C1CCN(C(c2ccc(C(F)(F)F)cc2)c2cccc(Oc3ccccc3)c2)CC1. The van der Waals surface area contributed by atoms with E-state index in [1.807, 2.05) is 54.6 Å². The number of carbonyl (C=O) groups is 1. The van der Waals surface area contributed by atoms with Crippen LogP contribution in [0.3, 0.4) is 0 Å². The van der Waals surface area contributed by atoms with Gasteiger partial charge in [0.15, 0.2) is 0 Å². The first-order valence-corrected chi connectivity index (χ1v) is 10.8. The summed E-state index contributed by atoms with van der Waals surface area (Å²) in [7, 11) is 0. The topological polar surface area (TPSA) is 49.8 Å². The zero-order valence-corrected chi connectivity index (χ0v) is 17.8. The first-order valence-electron chi connectivity index (χ1n) is 10.8. The molecule has 1 saturated heterocycles. The van der Waals surface area contributed by atoms with Gasteiger partial charge in [0.25, 0.3) is 0 Å². The van der Waals surface area contributed by atoms with E-state index in [9.17, 15) is 23.1 Å². The molecule has 4 nitrogen and oxygen atoms in total. The molecule has 0 spiro atoms. The van der Waals surface area contributed by atoms with Crippen LogP contribution in [0.1, 0.15) is 35.6 Å². The first kappa shape index (κ1) is 22.9. The Bertz CT molecular complexity index is 1080. The minimum atomic E-state index is -4.41. The number of piperidine rings is 1. The molecular weight excluding hydrogens is 431 g/mol. The molecule has 0 aliphatic carbocycles. The predicted molar refractivity (Wildman–Crippen MR) is 118 cm³/mol. The molecule has 0 saturated carbocycles. The summed E-state index contributed by atoms with van der Waals surface area (Å²) in [5.74, 6) is 0.0975. The van der Waals surface area contributed by atoms with Gasteiger partial charge in [-0.25, -0.2) is 0 Å². The van der Waals surface area contributed by atoms with Gasteiger partial charge in [0.2, 0.25) is 0 Å². The number of aliphatic carboxylic acids is 1. The molecule has 3 aromatic carbocycles. The van der Waals surface area contributed by atoms with Gasteiger partial charge in [-0.3, -0.25) is 9.69 Å². The number of carboxylic acids is 1. The molecule has 0 bridgehead atoms. The molecule has 1 heterocycles. The Hall–Kier alpha value is -3.32. The van der Waals surface area contributed by atoms with E-state index < -0.39 is 23.6 Å². The van der Waals surface area contributed by atoms with Gasteiger partial charge in [0.05, 0.1) is 17.5 Å². The maximum Gasteiger partial charge on any atom is 0.416 e. The average molecular weight is 455 g/mol. The lowest BCUT2D eigenvalue weighted by molar-refractivity contribution is -0.143. The summed E-state index contributed by atoms with van der Waals surface area (Å²) in [6, 6.07) is 21.7. The van der Waals surface area contributed by atoms with Gasteiger partial charge in [0, 0.05) is 0 Å². The van der Waals surface area contributed by atoms with Crippen molar-refractivity contribution in [3.8, 4) is 11.5 Å². The fourth-order valence-electron chi connectivity index (χ4n) is 4.25. The van der Waals surface area contributed by atoms with Gasteiger partial charge in [-0.15, -0.1) is 0 Å². The molecule has 1 atom stereocenters. The van der Waals surface area contributed by atoms with Crippen molar-refractivity contribution >= 4 is 5.97 Å². The molecule has 1 fully saturated rings. The quantitative estimate of drug-likeness (QED) is 0.468. The molecule has 33 heavy (non-hydrogen) atoms. The van der Waals surface area contributed by atoms with Crippen LogP contribution in [0.4, 0.5) is 13.2 Å². The number of benzene rings is 3. The van der Waals surface area contributed by atoms with Crippen molar-refractivity contribution in [2.45, 2.75) is 25.1 Å². The van der Waals surface area contributed by atoms with Crippen LogP contribution in [0.15, 0.2) is 78.9 Å². The minimum Gasteiger partial charge on any atom is -0.481 e. The van der Waals surface area contributed by atoms with E-state index >= 15 is 0 Å². The highest BCUT2D eigenvalue weighted by molar-refractivity contribution is 5.70. The Balaban J connectivity index is 1.66. The lowest BCUT2D eigenvalue weighted by Gasteiger charge is -2.37. The van der Waals surface area contributed by atoms with Crippen molar-refractivity contribution in [2.24, 2.45) is 5.92 Å². The number of carboxylic acid groups (broad SMARTS) is 1. The van der Waals surface area contributed by atoms with Crippen molar-refractivity contribution in [3.05, 3.63) is 95.6 Å². The highest BCUT2D eigenvalue weighted by Crippen LogP contribution is 2.36. The second kappa shape index (κ2) is 9.67. The Labute approximate surface area is 190 Å². The van der Waals surface area contributed by atoms with E-state index in [1.54, 1.807) is 0 Å². The normalized spacial score (nSPS) is 16.3. The molecule has 1 aliphatic heterocycles. The molecule has 0 aromatic heterocycles. The van der Waals surface area contributed by atoms with Crippen LogP contribution in [-0.4, -0.2) is 29.1 Å². The second-order valence-corrected chi connectivity index (χ2v) is 8.16. The highest BCUT2D eigenvalue weighted by atomic mass is 19.4. The van der Waals surface area contributed by atoms with Crippen molar-refractivity contribution in [2.75, 3.05) is 13.1 Å². The van der Waals surface area contributed by atoms with Crippen molar-refractivity contribution < 1.29 is 27.8 Å². The number of nitrogens with zero attached hydrogens (tertiary/aromatic N) is 1. The van der Waals surface area contributed by atoms with E-state index in [0.717, 1.165) is 17.7 Å². The molecule has 1 aliphatic rings. The van der Waals surface area contributed by atoms with E-state index in [1.165, 1.54) is 12.1 Å².